The van der Waals surface area contributed by atoms with Gasteiger partial charge in [-0.25, -0.2) is 4.98 Å². The first kappa shape index (κ1) is 13.1. The Morgan fingerprint density at radius 3 is 3.05 bits per heavy atom. The lowest BCUT2D eigenvalue weighted by atomic mass is 9.97. The Morgan fingerprint density at radius 1 is 1.37 bits per heavy atom. The number of pyridine rings is 1. The zero-order valence-electron chi connectivity index (χ0n) is 10.8. The summed E-state index contributed by atoms with van der Waals surface area (Å²) in [6, 6.07) is 4.60. The number of nitrogens with one attached hydrogen (secondary N) is 1. The smallest absolute Gasteiger partial charge is 0.253 e. The van der Waals surface area contributed by atoms with Crippen molar-refractivity contribution in [1.29, 1.82) is 0 Å². The van der Waals surface area contributed by atoms with Crippen LogP contribution in [0.4, 0.5) is 0 Å². The monoisotopic (exact) mass is 323 g/mol. The fraction of sp³-hybridized carbons (Fsp3) is 0.571. The van der Waals surface area contributed by atoms with E-state index in [1.807, 2.05) is 0 Å². The number of halogens is 1. The van der Waals surface area contributed by atoms with Gasteiger partial charge in [0.25, 0.3) is 5.91 Å². The van der Waals surface area contributed by atoms with Crippen LogP contribution < -0.4 is 5.32 Å². The molecule has 2 aliphatic rings. The van der Waals surface area contributed by atoms with Crippen LogP contribution in [0.1, 0.15) is 36.0 Å². The maximum Gasteiger partial charge on any atom is 0.253 e. The van der Waals surface area contributed by atoms with Gasteiger partial charge in [-0.2, -0.15) is 0 Å². The number of nitrogens with zero attached hydrogens (tertiary/aromatic N) is 2. The van der Waals surface area contributed by atoms with Crippen molar-refractivity contribution in [3.8, 4) is 0 Å². The predicted octanol–water partition coefficient (Wildman–Crippen LogP) is 2.20. The average Bonchev–Trinajstić information content (AvgIpc) is 2.87. The van der Waals surface area contributed by atoms with Crippen LogP contribution in [0.25, 0.3) is 0 Å². The summed E-state index contributed by atoms with van der Waals surface area (Å²) in [6.45, 7) is 2.36. The van der Waals surface area contributed by atoms with Crippen molar-refractivity contribution in [2.45, 2.75) is 37.8 Å². The normalized spacial score (nSPS) is 27.0. The molecular formula is C14H18BrN3O. The minimum absolute atomic E-state index is 0.00329. The van der Waals surface area contributed by atoms with E-state index in [9.17, 15) is 4.79 Å². The van der Waals surface area contributed by atoms with E-state index >= 15 is 0 Å². The number of aromatic nitrogens is 1. The molecule has 2 saturated heterocycles. The second-order valence-corrected chi connectivity index (χ2v) is 6.21. The fourth-order valence-corrected chi connectivity index (χ4v) is 3.37. The van der Waals surface area contributed by atoms with E-state index in [1.165, 1.54) is 19.4 Å². The van der Waals surface area contributed by atoms with E-state index in [2.05, 4.69) is 31.1 Å². The molecule has 2 atom stereocenters. The molecule has 3 rings (SSSR count). The molecule has 2 unspecified atom stereocenters. The second kappa shape index (κ2) is 5.59. The summed E-state index contributed by atoms with van der Waals surface area (Å²) in [4.78, 5) is 18.8. The minimum atomic E-state index is -0.00329. The van der Waals surface area contributed by atoms with Gasteiger partial charge in [-0.15, -0.1) is 0 Å². The molecule has 2 aliphatic heterocycles. The number of hydrogen-bond acceptors (Lipinski definition) is 3. The van der Waals surface area contributed by atoms with Gasteiger partial charge in [0.15, 0.2) is 0 Å². The molecule has 1 amide bonds. The van der Waals surface area contributed by atoms with Crippen LogP contribution in [0, 0.1) is 0 Å². The molecule has 1 aromatic heterocycles. The zero-order valence-corrected chi connectivity index (χ0v) is 12.4. The SMILES string of the molecule is O=C(NC1CCN2CCCC2C1)c1ccc(Br)nc1. The molecule has 5 heteroatoms. The van der Waals surface area contributed by atoms with Gasteiger partial charge in [0, 0.05) is 24.8 Å². The quantitative estimate of drug-likeness (QED) is 0.849. The van der Waals surface area contributed by atoms with E-state index in [1.54, 1.807) is 18.3 Å². The molecule has 0 bridgehead atoms. The third-order valence-electron chi connectivity index (χ3n) is 4.15. The van der Waals surface area contributed by atoms with Crippen molar-refractivity contribution in [2.24, 2.45) is 0 Å². The van der Waals surface area contributed by atoms with E-state index in [-0.39, 0.29) is 5.91 Å². The van der Waals surface area contributed by atoms with E-state index in [0.29, 0.717) is 17.6 Å². The van der Waals surface area contributed by atoms with Gasteiger partial charge in [0.2, 0.25) is 0 Å². The Hall–Kier alpha value is -0.940. The highest BCUT2D eigenvalue weighted by molar-refractivity contribution is 9.10. The first-order valence-corrected chi connectivity index (χ1v) is 7.68. The van der Waals surface area contributed by atoms with Crippen LogP contribution in [0.15, 0.2) is 22.9 Å². The molecule has 1 aromatic rings. The topological polar surface area (TPSA) is 45.2 Å². The molecule has 102 valence electrons. The molecule has 0 radical (unpaired) electrons. The van der Waals surface area contributed by atoms with E-state index < -0.39 is 0 Å². The van der Waals surface area contributed by atoms with Crippen LogP contribution in [-0.4, -0.2) is 41.0 Å². The fourth-order valence-electron chi connectivity index (χ4n) is 3.13. The van der Waals surface area contributed by atoms with Gasteiger partial charge in [0.05, 0.1) is 5.56 Å². The summed E-state index contributed by atoms with van der Waals surface area (Å²) in [5.74, 6) is -0.00329. The Morgan fingerprint density at radius 2 is 2.26 bits per heavy atom. The van der Waals surface area contributed by atoms with Crippen LogP contribution in [-0.2, 0) is 0 Å². The summed E-state index contributed by atoms with van der Waals surface area (Å²) in [5, 5.41) is 3.15. The molecule has 0 aliphatic carbocycles. The second-order valence-electron chi connectivity index (χ2n) is 5.40. The predicted molar refractivity (Wildman–Crippen MR) is 77.0 cm³/mol. The standard InChI is InChI=1S/C14H18BrN3O/c15-13-4-3-10(9-16-13)14(19)17-11-5-7-18-6-1-2-12(18)8-11/h3-4,9,11-12H,1-2,5-8H2,(H,17,19). The van der Waals surface area contributed by atoms with Crippen molar-refractivity contribution in [3.63, 3.8) is 0 Å². The highest BCUT2D eigenvalue weighted by atomic mass is 79.9. The lowest BCUT2D eigenvalue weighted by molar-refractivity contribution is 0.0896. The largest absolute Gasteiger partial charge is 0.349 e. The van der Waals surface area contributed by atoms with Crippen LogP contribution in [0.3, 0.4) is 0 Å². The average molecular weight is 324 g/mol. The number of rotatable bonds is 2. The Labute approximate surface area is 121 Å². The maximum absolute atomic E-state index is 12.1. The van der Waals surface area contributed by atoms with Gasteiger partial charge >= 0.3 is 0 Å². The van der Waals surface area contributed by atoms with Crippen molar-refractivity contribution in [2.75, 3.05) is 13.1 Å². The molecule has 1 N–H and O–H groups in total. The van der Waals surface area contributed by atoms with Gasteiger partial charge < -0.3 is 10.2 Å². The van der Waals surface area contributed by atoms with Crippen molar-refractivity contribution >= 4 is 21.8 Å². The zero-order chi connectivity index (χ0) is 13.2. The highest BCUT2D eigenvalue weighted by Crippen LogP contribution is 2.26. The number of carbonyl (C=O) groups excluding carboxylic acids is 1. The molecule has 4 nitrogen and oxygen atoms in total. The number of hydrogen-bond donors (Lipinski definition) is 1. The Bertz CT molecular complexity index is 462. The summed E-state index contributed by atoms with van der Waals surface area (Å²) >= 11 is 3.28. The third kappa shape index (κ3) is 2.98. The molecule has 19 heavy (non-hydrogen) atoms. The van der Waals surface area contributed by atoms with Gasteiger partial charge in [-0.05, 0) is 60.3 Å². The van der Waals surface area contributed by atoms with Gasteiger partial charge in [-0.3, -0.25) is 4.79 Å². The Kier molecular flexibility index (Phi) is 3.84. The lowest BCUT2D eigenvalue weighted by Crippen LogP contribution is -2.47. The third-order valence-corrected chi connectivity index (χ3v) is 4.61. The number of carbonyl (C=O) groups is 1. The first-order chi connectivity index (χ1) is 9.22. The van der Waals surface area contributed by atoms with E-state index in [0.717, 1.165) is 24.0 Å². The number of amides is 1. The molecule has 3 heterocycles. The molecule has 2 fully saturated rings. The molecule has 0 saturated carbocycles. The Balaban J connectivity index is 1.59. The van der Waals surface area contributed by atoms with Gasteiger partial charge in [0.1, 0.15) is 4.60 Å². The summed E-state index contributed by atoms with van der Waals surface area (Å²) < 4.78 is 0.753. The number of fused-ring (bicyclic) bond motifs is 1. The maximum atomic E-state index is 12.1. The van der Waals surface area contributed by atoms with Crippen molar-refractivity contribution in [1.82, 2.24) is 15.2 Å². The van der Waals surface area contributed by atoms with E-state index in [4.69, 9.17) is 0 Å². The molecule has 0 spiro atoms. The highest BCUT2D eigenvalue weighted by Gasteiger charge is 2.32. The molecule has 0 aromatic carbocycles. The first-order valence-electron chi connectivity index (χ1n) is 6.89. The summed E-state index contributed by atoms with van der Waals surface area (Å²) in [7, 11) is 0. The minimum Gasteiger partial charge on any atom is -0.349 e. The lowest BCUT2D eigenvalue weighted by Gasteiger charge is -2.35. The number of piperidine rings is 1. The molecular weight excluding hydrogens is 306 g/mol. The summed E-state index contributed by atoms with van der Waals surface area (Å²) in [6.07, 6.45) is 6.36. The van der Waals surface area contributed by atoms with Crippen LogP contribution in [0.2, 0.25) is 0 Å². The van der Waals surface area contributed by atoms with Gasteiger partial charge in [-0.1, -0.05) is 0 Å². The van der Waals surface area contributed by atoms with Crippen molar-refractivity contribution < 1.29 is 4.79 Å². The van der Waals surface area contributed by atoms with Crippen LogP contribution in [0.5, 0.6) is 0 Å². The van der Waals surface area contributed by atoms with Crippen LogP contribution >= 0.6 is 15.9 Å². The van der Waals surface area contributed by atoms with Crippen molar-refractivity contribution in [3.05, 3.63) is 28.5 Å². The summed E-state index contributed by atoms with van der Waals surface area (Å²) in [5.41, 5.74) is 0.636.